The Bertz CT molecular complexity index is 225. The van der Waals surface area contributed by atoms with E-state index in [0.29, 0.717) is 5.69 Å². The number of rotatable bonds is 1. The van der Waals surface area contributed by atoms with Crippen LogP contribution in [0.25, 0.3) is 0 Å². The lowest BCUT2D eigenvalue weighted by Gasteiger charge is -2.10. The highest BCUT2D eigenvalue weighted by Gasteiger charge is 1.96. The Morgan fingerprint density at radius 2 is 2.20 bits per heavy atom. The van der Waals surface area contributed by atoms with E-state index in [-0.39, 0.29) is 5.69 Å². The number of nitrogens with one attached hydrogen (secondary N) is 1. The average Bonchev–Trinajstić information content (AvgIpc) is 1.88. The number of quaternary nitrogens is 1. The molecule has 4 heteroatoms. The molecule has 0 aliphatic rings. The van der Waals surface area contributed by atoms with Gasteiger partial charge < -0.3 is 10.9 Å². The maximum absolute atomic E-state index is 10.3. The predicted octanol–water partition coefficient (Wildman–Crippen LogP) is -0.328. The molecule has 4 nitrogen and oxygen atoms in total. The molecule has 54 valence electrons. The van der Waals surface area contributed by atoms with Gasteiger partial charge >= 0.3 is 0 Å². The van der Waals surface area contributed by atoms with Crippen LogP contribution in [0.15, 0.2) is 24.3 Å². The molecule has 0 spiro atoms. The third-order valence-corrected chi connectivity index (χ3v) is 1.13. The van der Waals surface area contributed by atoms with Crippen LogP contribution in [-0.4, -0.2) is 5.21 Å². The number of hydrogen-bond donors (Lipinski definition) is 3. The van der Waals surface area contributed by atoms with Gasteiger partial charge in [-0.1, -0.05) is 6.07 Å². The van der Waals surface area contributed by atoms with Gasteiger partial charge in [0, 0.05) is 17.8 Å². The molecule has 0 aliphatic carbocycles. The van der Waals surface area contributed by atoms with Gasteiger partial charge in [-0.25, -0.2) is 5.21 Å². The predicted molar refractivity (Wildman–Crippen MR) is 36.6 cm³/mol. The maximum atomic E-state index is 10.3. The van der Waals surface area contributed by atoms with Crippen molar-refractivity contribution in [3.05, 3.63) is 29.5 Å². The van der Waals surface area contributed by atoms with E-state index in [1.165, 1.54) is 12.1 Å². The molecule has 0 bridgehead atoms. The lowest BCUT2D eigenvalue weighted by atomic mass is 10.3. The van der Waals surface area contributed by atoms with Crippen LogP contribution in [0.4, 0.5) is 11.4 Å². The molecule has 1 atom stereocenters. The smallest absolute Gasteiger partial charge is 0.165 e. The Hall–Kier alpha value is -1.10. The zero-order valence-corrected chi connectivity index (χ0v) is 5.24. The van der Waals surface area contributed by atoms with Crippen molar-refractivity contribution < 1.29 is 10.4 Å². The number of hydrogen-bond acceptors (Lipinski definition) is 3. The summed E-state index contributed by atoms with van der Waals surface area (Å²) in [4.78, 5) is 0. The first-order valence-corrected chi connectivity index (χ1v) is 2.79. The molecule has 0 amide bonds. The van der Waals surface area contributed by atoms with Gasteiger partial charge in [-0.2, -0.15) is 5.23 Å². The van der Waals surface area contributed by atoms with Crippen LogP contribution in [0.3, 0.4) is 0 Å². The van der Waals surface area contributed by atoms with E-state index in [1.54, 1.807) is 12.1 Å². The van der Waals surface area contributed by atoms with Crippen LogP contribution in [-0.2, 0) is 0 Å². The Morgan fingerprint density at radius 3 is 2.60 bits per heavy atom. The Labute approximate surface area is 58.0 Å². The van der Waals surface area contributed by atoms with Crippen molar-refractivity contribution in [1.29, 1.82) is 0 Å². The molecular formula is C6H8N2O2. The van der Waals surface area contributed by atoms with E-state index in [4.69, 9.17) is 10.9 Å². The van der Waals surface area contributed by atoms with Crippen LogP contribution in [0.1, 0.15) is 0 Å². The van der Waals surface area contributed by atoms with E-state index in [9.17, 15) is 5.21 Å². The van der Waals surface area contributed by atoms with Gasteiger partial charge in [-0.15, -0.1) is 0 Å². The first kappa shape index (κ1) is 7.01. The number of nitrogen functional groups attached to an aromatic ring is 1. The second-order valence-electron chi connectivity index (χ2n) is 1.93. The fourth-order valence-electron chi connectivity index (χ4n) is 0.672. The highest BCUT2D eigenvalue weighted by Crippen LogP contribution is 2.06. The van der Waals surface area contributed by atoms with Gasteiger partial charge in [0.25, 0.3) is 0 Å². The van der Waals surface area contributed by atoms with Crippen LogP contribution in [0, 0.1) is 5.21 Å². The number of benzene rings is 1. The van der Waals surface area contributed by atoms with Crippen LogP contribution in [0.5, 0.6) is 0 Å². The highest BCUT2D eigenvalue weighted by atomic mass is 16.8. The van der Waals surface area contributed by atoms with Gasteiger partial charge in [0.05, 0.1) is 0 Å². The zero-order chi connectivity index (χ0) is 7.56. The Morgan fingerprint density at radius 1 is 1.50 bits per heavy atom. The second kappa shape index (κ2) is 2.66. The number of nitrogens with two attached hydrogens (primary N) is 1. The summed E-state index contributed by atoms with van der Waals surface area (Å²) in [5.74, 6) is 0. The molecular weight excluding hydrogens is 132 g/mol. The van der Waals surface area contributed by atoms with Gasteiger partial charge in [0.2, 0.25) is 0 Å². The molecule has 1 unspecified atom stereocenters. The summed E-state index contributed by atoms with van der Waals surface area (Å²) >= 11 is 0. The van der Waals surface area contributed by atoms with Crippen molar-refractivity contribution in [1.82, 2.24) is 0 Å². The van der Waals surface area contributed by atoms with Crippen molar-refractivity contribution in [2.75, 3.05) is 5.73 Å². The topological polar surface area (TPSA) is 73.8 Å². The average molecular weight is 140 g/mol. The quantitative estimate of drug-likeness (QED) is 0.369. The van der Waals surface area contributed by atoms with Crippen LogP contribution >= 0.6 is 0 Å². The summed E-state index contributed by atoms with van der Waals surface area (Å²) in [6, 6.07) is 6.17. The van der Waals surface area contributed by atoms with Crippen molar-refractivity contribution in [2.24, 2.45) is 0 Å². The standard InChI is InChI=1S/C6H8N2O2/c7-5-2-1-3-6(4-5)8(9)10/h1-4,8-9H,7H2. The fourth-order valence-corrected chi connectivity index (χ4v) is 0.672. The molecule has 0 saturated carbocycles. The minimum absolute atomic E-state index is 0.222. The summed E-state index contributed by atoms with van der Waals surface area (Å²) < 4.78 is 0. The van der Waals surface area contributed by atoms with Crippen LogP contribution < -0.4 is 11.0 Å². The third kappa shape index (κ3) is 1.44. The molecule has 1 aromatic rings. The minimum Gasteiger partial charge on any atom is -0.595 e. The minimum atomic E-state index is -0.952. The van der Waals surface area contributed by atoms with Crippen molar-refractivity contribution in [3.63, 3.8) is 0 Å². The van der Waals surface area contributed by atoms with Crippen molar-refractivity contribution in [2.45, 2.75) is 0 Å². The molecule has 1 aromatic carbocycles. The summed E-state index contributed by atoms with van der Waals surface area (Å²) in [6.45, 7) is 0. The first-order chi connectivity index (χ1) is 4.70. The molecule has 1 rings (SSSR count). The maximum Gasteiger partial charge on any atom is 0.165 e. The summed E-state index contributed by atoms with van der Waals surface area (Å²) in [7, 11) is 0. The van der Waals surface area contributed by atoms with E-state index >= 15 is 0 Å². The van der Waals surface area contributed by atoms with Gasteiger partial charge in [-0.3, -0.25) is 0 Å². The van der Waals surface area contributed by atoms with Gasteiger partial charge in [0.1, 0.15) is 0 Å². The molecule has 0 saturated heterocycles. The zero-order valence-electron chi connectivity index (χ0n) is 5.24. The highest BCUT2D eigenvalue weighted by molar-refractivity contribution is 5.46. The number of anilines is 1. The lowest BCUT2D eigenvalue weighted by Crippen LogP contribution is -2.99. The van der Waals surface area contributed by atoms with Crippen LogP contribution in [0.2, 0.25) is 0 Å². The Kier molecular flexibility index (Phi) is 1.86. The second-order valence-corrected chi connectivity index (χ2v) is 1.93. The van der Waals surface area contributed by atoms with E-state index in [2.05, 4.69) is 0 Å². The van der Waals surface area contributed by atoms with E-state index in [1.807, 2.05) is 0 Å². The monoisotopic (exact) mass is 140 g/mol. The normalized spacial score (nSPS) is 13.0. The summed E-state index contributed by atoms with van der Waals surface area (Å²) in [5, 5.41) is 17.8. The third-order valence-electron chi connectivity index (χ3n) is 1.13. The first-order valence-electron chi connectivity index (χ1n) is 2.79. The SMILES string of the molecule is Nc1cccc([NH+]([O-])O)c1. The molecule has 0 heterocycles. The van der Waals surface area contributed by atoms with E-state index < -0.39 is 5.23 Å². The van der Waals surface area contributed by atoms with Gasteiger partial charge in [0.15, 0.2) is 5.69 Å². The lowest BCUT2D eigenvalue weighted by molar-refractivity contribution is -0.991. The van der Waals surface area contributed by atoms with Crippen molar-refractivity contribution in [3.8, 4) is 0 Å². The Balaban J connectivity index is 2.96. The van der Waals surface area contributed by atoms with Gasteiger partial charge in [-0.05, 0) is 6.07 Å². The molecule has 0 aliphatic heterocycles. The largest absolute Gasteiger partial charge is 0.595 e. The molecule has 4 N–H and O–H groups in total. The molecule has 0 fully saturated rings. The van der Waals surface area contributed by atoms with Crippen molar-refractivity contribution >= 4 is 11.4 Å². The van der Waals surface area contributed by atoms with E-state index in [0.717, 1.165) is 0 Å². The molecule has 0 aromatic heterocycles. The molecule has 0 radical (unpaired) electrons. The summed E-state index contributed by atoms with van der Waals surface area (Å²) in [6.07, 6.45) is 0. The molecule has 10 heavy (non-hydrogen) atoms. The fraction of sp³-hybridized carbons (Fsp3) is 0. The summed E-state index contributed by atoms with van der Waals surface area (Å²) in [5.41, 5.74) is 6.03.